The van der Waals surface area contributed by atoms with Gasteiger partial charge in [0.05, 0.1) is 5.69 Å². The van der Waals surface area contributed by atoms with Crippen LogP contribution in [0.25, 0.3) is 0 Å². The normalized spacial score (nSPS) is 10.7. The number of nitrogens with zero attached hydrogens (tertiary/aromatic N) is 3. The van der Waals surface area contributed by atoms with E-state index in [0.29, 0.717) is 6.54 Å². The number of hydrogen-bond acceptors (Lipinski definition) is 2. The molecule has 2 rings (SSSR count). The zero-order valence-corrected chi connectivity index (χ0v) is 15.9. The van der Waals surface area contributed by atoms with Crippen LogP contribution in [0.2, 0.25) is 0 Å². The van der Waals surface area contributed by atoms with Crippen molar-refractivity contribution in [3.05, 3.63) is 45.2 Å². The van der Waals surface area contributed by atoms with E-state index >= 15 is 0 Å². The summed E-state index contributed by atoms with van der Waals surface area (Å²) < 4.78 is 2.92. The number of likely N-dealkylation sites (N-methyl/N-ethyl adjacent to an activating group) is 1. The number of rotatable bonds is 4. The minimum absolute atomic E-state index is 0.106. The summed E-state index contributed by atoms with van der Waals surface area (Å²) in [5, 5.41) is 7.34. The van der Waals surface area contributed by atoms with Gasteiger partial charge in [-0.1, -0.05) is 15.9 Å². The predicted molar refractivity (Wildman–Crippen MR) is 96.9 cm³/mol. The zero-order valence-electron chi connectivity index (χ0n) is 14.3. The van der Waals surface area contributed by atoms with Crippen molar-refractivity contribution in [2.75, 3.05) is 18.9 Å². The third-order valence-corrected chi connectivity index (χ3v) is 5.00. The largest absolute Gasteiger partial charge is 0.327 e. The molecule has 2 amide bonds. The van der Waals surface area contributed by atoms with E-state index < -0.39 is 0 Å². The van der Waals surface area contributed by atoms with Gasteiger partial charge in [0, 0.05) is 36.5 Å². The lowest BCUT2D eigenvalue weighted by Gasteiger charge is -2.18. The lowest BCUT2D eigenvalue weighted by molar-refractivity contribution is 0.223. The summed E-state index contributed by atoms with van der Waals surface area (Å²) in [6.45, 7) is 6.71. The third kappa shape index (κ3) is 4.13. The molecule has 6 heteroatoms. The molecule has 0 aliphatic carbocycles. The number of nitrogens with one attached hydrogen (secondary N) is 1. The van der Waals surface area contributed by atoms with Crippen LogP contribution >= 0.6 is 15.9 Å². The van der Waals surface area contributed by atoms with Gasteiger partial charge >= 0.3 is 6.03 Å². The van der Waals surface area contributed by atoms with Gasteiger partial charge in [0.25, 0.3) is 0 Å². The lowest BCUT2D eigenvalue weighted by atomic mass is 10.1. The molecule has 1 N–H and O–H groups in total. The van der Waals surface area contributed by atoms with Crippen molar-refractivity contribution in [3.8, 4) is 0 Å². The van der Waals surface area contributed by atoms with E-state index in [0.717, 1.165) is 33.5 Å². The standard InChI is InChI=1S/C17H23BrN4O/c1-11-10-14(6-7-16(11)18)19-17(23)21(4)9-8-15-12(2)20-22(5)13(15)3/h6-7,10H,8-9H2,1-5H3,(H,19,23). The molecular formula is C17H23BrN4O. The first-order valence-electron chi connectivity index (χ1n) is 7.57. The van der Waals surface area contributed by atoms with E-state index in [1.807, 2.05) is 50.8 Å². The zero-order chi connectivity index (χ0) is 17.1. The highest BCUT2D eigenvalue weighted by Gasteiger charge is 2.13. The SMILES string of the molecule is Cc1cc(NC(=O)N(C)CCc2c(C)nn(C)c2C)ccc1Br. The monoisotopic (exact) mass is 378 g/mol. The molecule has 0 aliphatic heterocycles. The molecule has 1 aromatic carbocycles. The summed E-state index contributed by atoms with van der Waals surface area (Å²) >= 11 is 3.46. The average Bonchev–Trinajstić information content (AvgIpc) is 2.73. The van der Waals surface area contributed by atoms with Crippen LogP contribution < -0.4 is 5.32 Å². The highest BCUT2D eigenvalue weighted by atomic mass is 79.9. The van der Waals surface area contributed by atoms with Gasteiger partial charge in [-0.2, -0.15) is 5.10 Å². The maximum atomic E-state index is 12.3. The molecule has 0 fully saturated rings. The fraction of sp³-hybridized carbons (Fsp3) is 0.412. The Kier molecular flexibility index (Phi) is 5.46. The number of anilines is 1. The number of carbonyl (C=O) groups excluding carboxylic acids is 1. The van der Waals surface area contributed by atoms with E-state index in [4.69, 9.17) is 0 Å². The Labute approximate surface area is 145 Å². The van der Waals surface area contributed by atoms with Gasteiger partial charge < -0.3 is 10.2 Å². The summed E-state index contributed by atoms with van der Waals surface area (Å²) in [5.41, 5.74) is 5.29. The smallest absolute Gasteiger partial charge is 0.321 e. The van der Waals surface area contributed by atoms with E-state index in [1.54, 1.807) is 4.90 Å². The van der Waals surface area contributed by atoms with Crippen LogP contribution in [0.15, 0.2) is 22.7 Å². The number of urea groups is 1. The van der Waals surface area contributed by atoms with E-state index in [1.165, 1.54) is 5.56 Å². The summed E-state index contributed by atoms with van der Waals surface area (Å²) in [6.07, 6.45) is 0.800. The van der Waals surface area contributed by atoms with Crippen LogP contribution in [0.5, 0.6) is 0 Å². The molecule has 1 heterocycles. The Morgan fingerprint density at radius 2 is 2.04 bits per heavy atom. The molecule has 0 saturated heterocycles. The summed E-state index contributed by atoms with van der Waals surface area (Å²) in [7, 11) is 3.75. The van der Waals surface area contributed by atoms with Crippen molar-refractivity contribution in [1.29, 1.82) is 0 Å². The molecule has 0 bridgehead atoms. The quantitative estimate of drug-likeness (QED) is 0.878. The highest BCUT2D eigenvalue weighted by Crippen LogP contribution is 2.20. The van der Waals surface area contributed by atoms with Gasteiger partial charge in [0.2, 0.25) is 0 Å². The average molecular weight is 379 g/mol. The molecule has 0 saturated carbocycles. The maximum Gasteiger partial charge on any atom is 0.321 e. The molecule has 0 spiro atoms. The first-order valence-corrected chi connectivity index (χ1v) is 8.36. The number of carbonyl (C=O) groups is 1. The molecule has 0 atom stereocenters. The Morgan fingerprint density at radius 1 is 1.35 bits per heavy atom. The summed E-state index contributed by atoms with van der Waals surface area (Å²) in [4.78, 5) is 14.0. The van der Waals surface area contributed by atoms with Crippen LogP contribution in [0.4, 0.5) is 10.5 Å². The van der Waals surface area contributed by atoms with Crippen LogP contribution in [-0.2, 0) is 13.5 Å². The van der Waals surface area contributed by atoms with Gasteiger partial charge in [-0.15, -0.1) is 0 Å². The molecule has 0 unspecified atom stereocenters. The number of hydrogen-bond donors (Lipinski definition) is 1. The van der Waals surface area contributed by atoms with Crippen molar-refractivity contribution in [2.24, 2.45) is 7.05 Å². The number of halogens is 1. The maximum absolute atomic E-state index is 12.3. The van der Waals surface area contributed by atoms with Gasteiger partial charge in [0.1, 0.15) is 0 Å². The molecule has 124 valence electrons. The van der Waals surface area contributed by atoms with Gasteiger partial charge in [-0.05, 0) is 56.5 Å². The van der Waals surface area contributed by atoms with Crippen molar-refractivity contribution in [2.45, 2.75) is 27.2 Å². The van der Waals surface area contributed by atoms with Crippen LogP contribution in [0.3, 0.4) is 0 Å². The molecule has 2 aromatic rings. The van der Waals surface area contributed by atoms with Crippen LogP contribution in [-0.4, -0.2) is 34.3 Å². The second-order valence-electron chi connectivity index (χ2n) is 5.84. The number of benzene rings is 1. The fourth-order valence-corrected chi connectivity index (χ4v) is 2.75. The van der Waals surface area contributed by atoms with Crippen molar-refractivity contribution in [1.82, 2.24) is 14.7 Å². The topological polar surface area (TPSA) is 50.2 Å². The van der Waals surface area contributed by atoms with Crippen LogP contribution in [0.1, 0.15) is 22.5 Å². The van der Waals surface area contributed by atoms with Gasteiger partial charge in [0.15, 0.2) is 0 Å². The van der Waals surface area contributed by atoms with E-state index in [-0.39, 0.29) is 6.03 Å². The first kappa shape index (κ1) is 17.5. The lowest BCUT2D eigenvalue weighted by Crippen LogP contribution is -2.33. The summed E-state index contributed by atoms with van der Waals surface area (Å²) in [5.74, 6) is 0. The first-order chi connectivity index (χ1) is 10.8. The minimum Gasteiger partial charge on any atom is -0.327 e. The van der Waals surface area contributed by atoms with E-state index in [2.05, 4.69) is 33.3 Å². The minimum atomic E-state index is -0.106. The molecule has 5 nitrogen and oxygen atoms in total. The third-order valence-electron chi connectivity index (χ3n) is 4.11. The van der Waals surface area contributed by atoms with Crippen molar-refractivity contribution >= 4 is 27.6 Å². The Morgan fingerprint density at radius 3 is 2.61 bits per heavy atom. The Hall–Kier alpha value is -1.82. The molecular weight excluding hydrogens is 356 g/mol. The van der Waals surface area contributed by atoms with Crippen LogP contribution in [0, 0.1) is 20.8 Å². The fourth-order valence-electron chi connectivity index (χ4n) is 2.50. The number of amides is 2. The van der Waals surface area contributed by atoms with Gasteiger partial charge in [-0.25, -0.2) is 4.79 Å². The number of aryl methyl sites for hydroxylation is 3. The molecule has 0 aliphatic rings. The van der Waals surface area contributed by atoms with Crippen molar-refractivity contribution < 1.29 is 4.79 Å². The predicted octanol–water partition coefficient (Wildman–Crippen LogP) is 3.81. The Bertz CT molecular complexity index is 724. The second-order valence-corrected chi connectivity index (χ2v) is 6.69. The second kappa shape index (κ2) is 7.17. The molecule has 1 aromatic heterocycles. The number of aromatic nitrogens is 2. The van der Waals surface area contributed by atoms with Crippen molar-refractivity contribution in [3.63, 3.8) is 0 Å². The molecule has 23 heavy (non-hydrogen) atoms. The summed E-state index contributed by atoms with van der Waals surface area (Å²) in [6, 6.07) is 5.67. The molecule has 0 radical (unpaired) electrons. The highest BCUT2D eigenvalue weighted by molar-refractivity contribution is 9.10. The van der Waals surface area contributed by atoms with Gasteiger partial charge in [-0.3, -0.25) is 4.68 Å². The van der Waals surface area contributed by atoms with E-state index in [9.17, 15) is 4.79 Å². The Balaban J connectivity index is 1.96.